The standard InChI is InChI=1S/C20H29N5O4/c26-17(23-12-16(20(28)29)25-19(27)14-10-21-11-14)6-2-1-5-15-8-7-13-4-3-9-22-18(13)24-15/h7-8,14,16,21H,1-6,9-12H2,(H,22,24)(H,23,26)(H,25,27)(H,28,29)/t16-/m0/s1. The number of nitrogens with one attached hydrogen (secondary N) is 4. The number of carboxylic acids is 1. The zero-order chi connectivity index (χ0) is 20.6. The van der Waals surface area contributed by atoms with Gasteiger partial charge >= 0.3 is 5.97 Å². The maximum absolute atomic E-state index is 12.0. The van der Waals surface area contributed by atoms with Crippen LogP contribution in [0.3, 0.4) is 0 Å². The molecular weight excluding hydrogens is 374 g/mol. The number of hydrogen-bond acceptors (Lipinski definition) is 6. The highest BCUT2D eigenvalue weighted by atomic mass is 16.4. The second-order valence-corrected chi connectivity index (χ2v) is 7.61. The summed E-state index contributed by atoms with van der Waals surface area (Å²) in [6.07, 6.45) is 4.82. The fraction of sp³-hybridized carbons (Fsp3) is 0.600. The highest BCUT2D eigenvalue weighted by Gasteiger charge is 2.29. The summed E-state index contributed by atoms with van der Waals surface area (Å²) in [5.41, 5.74) is 2.27. The van der Waals surface area contributed by atoms with Crippen molar-refractivity contribution in [3.63, 3.8) is 0 Å². The number of aliphatic carboxylic acids is 1. The number of rotatable bonds is 10. The SMILES string of the molecule is O=C(CCCCc1ccc2c(n1)NCCC2)NC[C@H](NC(=O)C1CNC1)C(=O)O. The smallest absolute Gasteiger partial charge is 0.328 e. The first kappa shape index (κ1) is 21.0. The molecule has 1 atom stereocenters. The Kier molecular flexibility index (Phi) is 7.40. The molecular formula is C20H29N5O4. The van der Waals surface area contributed by atoms with Crippen molar-refractivity contribution in [1.29, 1.82) is 0 Å². The predicted octanol–water partition coefficient (Wildman–Crippen LogP) is 0.0575. The molecule has 3 rings (SSSR count). The van der Waals surface area contributed by atoms with Crippen molar-refractivity contribution >= 4 is 23.6 Å². The minimum atomic E-state index is -1.15. The molecule has 1 fully saturated rings. The Morgan fingerprint density at radius 2 is 2.07 bits per heavy atom. The molecule has 0 bridgehead atoms. The molecule has 2 amide bonds. The summed E-state index contributed by atoms with van der Waals surface area (Å²) >= 11 is 0. The number of unbranched alkanes of at least 4 members (excludes halogenated alkanes) is 1. The number of hydrogen-bond donors (Lipinski definition) is 5. The van der Waals surface area contributed by atoms with E-state index in [1.165, 1.54) is 5.56 Å². The second-order valence-electron chi connectivity index (χ2n) is 7.61. The monoisotopic (exact) mass is 403 g/mol. The molecule has 158 valence electrons. The van der Waals surface area contributed by atoms with E-state index in [0.717, 1.165) is 43.7 Å². The summed E-state index contributed by atoms with van der Waals surface area (Å²) in [5.74, 6) is -0.878. The van der Waals surface area contributed by atoms with Crippen LogP contribution in [-0.4, -0.2) is 60.1 Å². The summed E-state index contributed by atoms with van der Waals surface area (Å²) in [4.78, 5) is 39.8. The largest absolute Gasteiger partial charge is 0.480 e. The summed E-state index contributed by atoms with van der Waals surface area (Å²) in [7, 11) is 0. The van der Waals surface area contributed by atoms with Crippen molar-refractivity contribution in [2.45, 2.75) is 44.6 Å². The number of fused-ring (bicyclic) bond motifs is 1. The Morgan fingerprint density at radius 3 is 2.79 bits per heavy atom. The van der Waals surface area contributed by atoms with Gasteiger partial charge in [-0.25, -0.2) is 9.78 Å². The number of anilines is 1. The average Bonchev–Trinajstić information content (AvgIpc) is 2.66. The fourth-order valence-corrected chi connectivity index (χ4v) is 3.37. The summed E-state index contributed by atoms with van der Waals surface area (Å²) in [6, 6.07) is 3.06. The first-order valence-corrected chi connectivity index (χ1v) is 10.3. The van der Waals surface area contributed by atoms with E-state index in [4.69, 9.17) is 0 Å². The summed E-state index contributed by atoms with van der Waals surface area (Å²) in [6.45, 7) is 1.95. The molecule has 9 heteroatoms. The minimum Gasteiger partial charge on any atom is -0.480 e. The third-order valence-corrected chi connectivity index (χ3v) is 5.31. The van der Waals surface area contributed by atoms with Gasteiger partial charge in [-0.15, -0.1) is 0 Å². The topological polar surface area (TPSA) is 132 Å². The maximum atomic E-state index is 12.0. The lowest BCUT2D eigenvalue weighted by atomic mass is 10.0. The van der Waals surface area contributed by atoms with Crippen molar-refractivity contribution in [2.75, 3.05) is 31.5 Å². The molecule has 0 unspecified atom stereocenters. The molecule has 0 aromatic carbocycles. The minimum absolute atomic E-state index is 0.113. The molecule has 0 radical (unpaired) electrons. The lowest BCUT2D eigenvalue weighted by Crippen LogP contribution is -2.56. The number of carbonyl (C=O) groups excluding carboxylic acids is 2. The van der Waals surface area contributed by atoms with Gasteiger partial charge in [0.15, 0.2) is 0 Å². The predicted molar refractivity (Wildman–Crippen MR) is 108 cm³/mol. The maximum Gasteiger partial charge on any atom is 0.328 e. The Balaban J connectivity index is 1.33. The third kappa shape index (κ3) is 6.15. The van der Waals surface area contributed by atoms with E-state index in [1.807, 2.05) is 6.07 Å². The van der Waals surface area contributed by atoms with E-state index < -0.39 is 12.0 Å². The Bertz CT molecular complexity index is 750. The van der Waals surface area contributed by atoms with Crippen molar-refractivity contribution in [3.05, 3.63) is 23.4 Å². The van der Waals surface area contributed by atoms with Gasteiger partial charge in [-0.05, 0) is 43.7 Å². The number of carbonyl (C=O) groups is 3. The van der Waals surface area contributed by atoms with Crippen LogP contribution in [0.5, 0.6) is 0 Å². The normalized spacial score (nSPS) is 16.7. The van der Waals surface area contributed by atoms with Gasteiger partial charge in [0.1, 0.15) is 11.9 Å². The number of amides is 2. The van der Waals surface area contributed by atoms with Gasteiger partial charge in [0.2, 0.25) is 11.8 Å². The number of aromatic nitrogens is 1. The second kappa shape index (κ2) is 10.2. The first-order valence-electron chi connectivity index (χ1n) is 10.3. The van der Waals surface area contributed by atoms with Crippen LogP contribution >= 0.6 is 0 Å². The van der Waals surface area contributed by atoms with Gasteiger partial charge in [0.05, 0.1) is 5.92 Å². The number of aryl methyl sites for hydroxylation is 2. The van der Waals surface area contributed by atoms with E-state index in [1.54, 1.807) is 0 Å². The molecule has 5 N–H and O–H groups in total. The molecule has 3 heterocycles. The van der Waals surface area contributed by atoms with Crippen molar-refractivity contribution < 1.29 is 19.5 Å². The molecule has 1 aromatic rings. The van der Waals surface area contributed by atoms with Gasteiger partial charge in [0, 0.05) is 38.3 Å². The van der Waals surface area contributed by atoms with Gasteiger partial charge in [-0.3, -0.25) is 9.59 Å². The zero-order valence-corrected chi connectivity index (χ0v) is 16.5. The lowest BCUT2D eigenvalue weighted by Gasteiger charge is -2.27. The van der Waals surface area contributed by atoms with E-state index in [0.29, 0.717) is 25.9 Å². The van der Waals surface area contributed by atoms with E-state index in [-0.39, 0.29) is 24.3 Å². The molecule has 2 aliphatic heterocycles. The van der Waals surface area contributed by atoms with Gasteiger partial charge in [-0.2, -0.15) is 0 Å². The molecule has 9 nitrogen and oxygen atoms in total. The third-order valence-electron chi connectivity index (χ3n) is 5.31. The van der Waals surface area contributed by atoms with Gasteiger partial charge < -0.3 is 26.4 Å². The van der Waals surface area contributed by atoms with Crippen molar-refractivity contribution in [3.8, 4) is 0 Å². The van der Waals surface area contributed by atoms with Gasteiger partial charge in [0.25, 0.3) is 0 Å². The quantitative estimate of drug-likeness (QED) is 0.349. The lowest BCUT2D eigenvalue weighted by molar-refractivity contribution is -0.142. The Morgan fingerprint density at radius 1 is 1.24 bits per heavy atom. The van der Waals surface area contributed by atoms with Crippen LogP contribution in [-0.2, 0) is 27.2 Å². The van der Waals surface area contributed by atoms with Crippen molar-refractivity contribution in [2.24, 2.45) is 5.92 Å². The Labute approximate surface area is 170 Å². The molecule has 0 saturated carbocycles. The first-order chi connectivity index (χ1) is 14.0. The Hall–Kier alpha value is -2.68. The average molecular weight is 403 g/mol. The number of carboxylic acid groups (broad SMARTS) is 1. The van der Waals surface area contributed by atoms with Crippen LogP contribution in [0.15, 0.2) is 12.1 Å². The molecule has 1 saturated heterocycles. The highest BCUT2D eigenvalue weighted by Crippen LogP contribution is 2.20. The van der Waals surface area contributed by atoms with E-state index in [9.17, 15) is 19.5 Å². The molecule has 29 heavy (non-hydrogen) atoms. The van der Waals surface area contributed by atoms with Crippen LogP contribution in [0.2, 0.25) is 0 Å². The van der Waals surface area contributed by atoms with Crippen LogP contribution in [0.4, 0.5) is 5.82 Å². The van der Waals surface area contributed by atoms with Crippen LogP contribution in [0.1, 0.15) is 36.9 Å². The van der Waals surface area contributed by atoms with E-state index in [2.05, 4.69) is 32.3 Å². The highest BCUT2D eigenvalue weighted by molar-refractivity contribution is 5.86. The van der Waals surface area contributed by atoms with E-state index >= 15 is 0 Å². The number of pyridine rings is 1. The fourth-order valence-electron chi connectivity index (χ4n) is 3.37. The van der Waals surface area contributed by atoms with Crippen molar-refractivity contribution in [1.82, 2.24) is 20.9 Å². The van der Waals surface area contributed by atoms with Crippen LogP contribution in [0, 0.1) is 5.92 Å². The zero-order valence-electron chi connectivity index (χ0n) is 16.5. The summed E-state index contributed by atoms with van der Waals surface area (Å²) < 4.78 is 0. The molecule has 2 aliphatic rings. The molecule has 0 spiro atoms. The molecule has 0 aliphatic carbocycles. The van der Waals surface area contributed by atoms with Crippen LogP contribution in [0.25, 0.3) is 0 Å². The molecule has 1 aromatic heterocycles. The van der Waals surface area contributed by atoms with Gasteiger partial charge in [-0.1, -0.05) is 6.07 Å². The summed E-state index contributed by atoms with van der Waals surface area (Å²) in [5, 5.41) is 20.6. The van der Waals surface area contributed by atoms with Crippen LogP contribution < -0.4 is 21.3 Å². The number of nitrogens with zero attached hydrogens (tertiary/aromatic N) is 1.